The minimum absolute atomic E-state index is 0.0957. The molecule has 4 heterocycles. The minimum atomic E-state index is -0.156. The first-order valence-electron chi connectivity index (χ1n) is 10.2. The van der Waals surface area contributed by atoms with Crippen LogP contribution in [0.2, 0.25) is 0 Å². The number of hydrogen-bond acceptors (Lipinski definition) is 6. The number of fused-ring (bicyclic) bond motifs is 1. The van der Waals surface area contributed by atoms with Crippen LogP contribution in [0.3, 0.4) is 0 Å². The number of carbonyl (C=O) groups is 2. The summed E-state index contributed by atoms with van der Waals surface area (Å²) < 4.78 is 5.26. The summed E-state index contributed by atoms with van der Waals surface area (Å²) in [6.07, 6.45) is 7.56. The molecule has 0 bridgehead atoms. The Balaban J connectivity index is 1.37. The number of rotatable bonds is 7. The van der Waals surface area contributed by atoms with E-state index < -0.39 is 0 Å². The fourth-order valence-electron chi connectivity index (χ4n) is 3.66. The quantitative estimate of drug-likeness (QED) is 0.611. The number of anilines is 1. The Labute approximate surface area is 184 Å². The molecule has 0 saturated carbocycles. The second-order valence-electron chi connectivity index (χ2n) is 7.37. The van der Waals surface area contributed by atoms with E-state index in [4.69, 9.17) is 4.42 Å². The van der Waals surface area contributed by atoms with E-state index in [0.717, 1.165) is 21.8 Å². The predicted octanol–water partition coefficient (Wildman–Crippen LogP) is 3.70. The van der Waals surface area contributed by atoms with Gasteiger partial charge in [-0.2, -0.15) is 5.26 Å². The molecule has 7 nitrogen and oxygen atoms in total. The third-order valence-electron chi connectivity index (χ3n) is 5.33. The summed E-state index contributed by atoms with van der Waals surface area (Å²) >= 11 is 1.39. The third kappa shape index (κ3) is 5.01. The van der Waals surface area contributed by atoms with Crippen LogP contribution in [-0.4, -0.2) is 28.2 Å². The van der Waals surface area contributed by atoms with Gasteiger partial charge in [0, 0.05) is 43.1 Å². The van der Waals surface area contributed by atoms with Crippen LogP contribution in [-0.2, 0) is 35.4 Å². The number of carbonyl (C=O) groups excluding carboxylic acids is 2. The molecule has 158 valence electrons. The molecule has 0 fully saturated rings. The van der Waals surface area contributed by atoms with Gasteiger partial charge < -0.3 is 14.6 Å². The summed E-state index contributed by atoms with van der Waals surface area (Å²) in [5.74, 6) is 0.692. The van der Waals surface area contributed by atoms with E-state index in [9.17, 15) is 14.9 Å². The fraction of sp³-hybridized carbons (Fsp3) is 0.304. The average molecular weight is 435 g/mol. The zero-order valence-electron chi connectivity index (χ0n) is 17.0. The van der Waals surface area contributed by atoms with Gasteiger partial charge in [0.2, 0.25) is 11.8 Å². The standard InChI is InChI=1S/C23H22N4O3S/c24-14-19-18-9-12-27(22(29)6-3-16-7-10-25-11-8-16)15-20(18)31-23(19)26-21(28)5-4-17-2-1-13-30-17/h1-2,7-8,10-11,13H,3-6,9,12,15H2,(H,26,28). The van der Waals surface area contributed by atoms with Crippen molar-refractivity contribution in [3.63, 3.8) is 0 Å². The number of nitrogens with one attached hydrogen (secondary N) is 1. The molecule has 0 saturated heterocycles. The summed E-state index contributed by atoms with van der Waals surface area (Å²) in [6, 6.07) is 9.69. The number of hydrogen-bond donors (Lipinski definition) is 1. The lowest BCUT2D eigenvalue weighted by atomic mass is 10.0. The Morgan fingerprint density at radius 1 is 1.23 bits per heavy atom. The number of aromatic nitrogens is 1. The van der Waals surface area contributed by atoms with Crippen LogP contribution in [0.4, 0.5) is 5.00 Å². The molecular weight excluding hydrogens is 412 g/mol. The number of aryl methyl sites for hydroxylation is 2. The van der Waals surface area contributed by atoms with Gasteiger partial charge in [-0.15, -0.1) is 11.3 Å². The maximum Gasteiger partial charge on any atom is 0.225 e. The van der Waals surface area contributed by atoms with Gasteiger partial charge in [-0.3, -0.25) is 14.6 Å². The lowest BCUT2D eigenvalue weighted by Crippen LogP contribution is -2.35. The van der Waals surface area contributed by atoms with Crippen LogP contribution in [0, 0.1) is 11.3 Å². The van der Waals surface area contributed by atoms with Gasteiger partial charge in [-0.05, 0) is 48.2 Å². The lowest BCUT2D eigenvalue weighted by molar-refractivity contribution is -0.132. The van der Waals surface area contributed by atoms with Crippen LogP contribution in [0.15, 0.2) is 47.3 Å². The summed E-state index contributed by atoms with van der Waals surface area (Å²) in [7, 11) is 0. The van der Waals surface area contributed by atoms with Crippen LogP contribution in [0.1, 0.15) is 40.2 Å². The van der Waals surface area contributed by atoms with Crippen molar-refractivity contribution < 1.29 is 14.0 Å². The number of nitriles is 1. The Morgan fingerprint density at radius 2 is 2.06 bits per heavy atom. The number of amides is 2. The smallest absolute Gasteiger partial charge is 0.225 e. The minimum Gasteiger partial charge on any atom is -0.469 e. The van der Waals surface area contributed by atoms with Gasteiger partial charge in [-0.1, -0.05) is 0 Å². The molecular formula is C23H22N4O3S. The van der Waals surface area contributed by atoms with E-state index in [1.807, 2.05) is 23.1 Å². The number of furan rings is 1. The zero-order valence-corrected chi connectivity index (χ0v) is 17.8. The first-order chi connectivity index (χ1) is 15.1. The van der Waals surface area contributed by atoms with E-state index in [1.54, 1.807) is 24.7 Å². The maximum atomic E-state index is 12.7. The normalized spacial score (nSPS) is 12.8. The van der Waals surface area contributed by atoms with E-state index >= 15 is 0 Å². The van der Waals surface area contributed by atoms with Crippen molar-refractivity contribution in [2.45, 2.75) is 38.6 Å². The number of thiophene rings is 1. The zero-order chi connectivity index (χ0) is 21.6. The molecule has 0 radical (unpaired) electrons. The van der Waals surface area contributed by atoms with Crippen LogP contribution < -0.4 is 5.32 Å². The molecule has 0 aliphatic carbocycles. The first kappa shape index (κ1) is 20.8. The lowest BCUT2D eigenvalue weighted by Gasteiger charge is -2.27. The Kier molecular flexibility index (Phi) is 6.43. The Hall–Kier alpha value is -3.44. The molecule has 0 atom stereocenters. The van der Waals surface area contributed by atoms with Crippen LogP contribution in [0.25, 0.3) is 0 Å². The van der Waals surface area contributed by atoms with Crippen molar-refractivity contribution in [1.82, 2.24) is 9.88 Å². The summed E-state index contributed by atoms with van der Waals surface area (Å²) in [5, 5.41) is 13.1. The number of pyridine rings is 1. The van der Waals surface area contributed by atoms with Crippen molar-refractivity contribution in [3.8, 4) is 6.07 Å². The van der Waals surface area contributed by atoms with Gasteiger partial charge in [0.1, 0.15) is 16.8 Å². The van der Waals surface area contributed by atoms with Gasteiger partial charge in [0.15, 0.2) is 0 Å². The molecule has 4 rings (SSSR count). The van der Waals surface area contributed by atoms with Crippen molar-refractivity contribution in [1.29, 1.82) is 5.26 Å². The highest BCUT2D eigenvalue weighted by molar-refractivity contribution is 7.16. The highest BCUT2D eigenvalue weighted by Gasteiger charge is 2.27. The highest BCUT2D eigenvalue weighted by atomic mass is 32.1. The molecule has 0 unspecified atom stereocenters. The van der Waals surface area contributed by atoms with E-state index in [2.05, 4.69) is 16.4 Å². The second-order valence-corrected chi connectivity index (χ2v) is 8.47. The number of nitrogens with zero attached hydrogens (tertiary/aromatic N) is 3. The van der Waals surface area contributed by atoms with Crippen molar-refractivity contribution >= 4 is 28.2 Å². The van der Waals surface area contributed by atoms with Crippen molar-refractivity contribution in [2.75, 3.05) is 11.9 Å². The second kappa shape index (κ2) is 9.58. The van der Waals surface area contributed by atoms with Gasteiger partial charge in [0.25, 0.3) is 0 Å². The van der Waals surface area contributed by atoms with Crippen LogP contribution >= 0.6 is 11.3 Å². The Morgan fingerprint density at radius 3 is 2.81 bits per heavy atom. The molecule has 3 aromatic rings. The molecule has 2 amide bonds. The van der Waals surface area contributed by atoms with Gasteiger partial charge >= 0.3 is 0 Å². The van der Waals surface area contributed by atoms with Gasteiger partial charge in [-0.25, -0.2) is 0 Å². The molecule has 0 aromatic carbocycles. The van der Waals surface area contributed by atoms with Crippen molar-refractivity contribution in [2.24, 2.45) is 0 Å². The van der Waals surface area contributed by atoms with E-state index in [0.29, 0.717) is 49.3 Å². The molecule has 1 N–H and O–H groups in total. The molecule has 1 aliphatic rings. The fourth-order valence-corrected chi connectivity index (χ4v) is 4.89. The van der Waals surface area contributed by atoms with E-state index in [1.165, 1.54) is 11.3 Å². The van der Waals surface area contributed by atoms with E-state index in [-0.39, 0.29) is 18.2 Å². The molecule has 0 spiro atoms. The third-order valence-corrected chi connectivity index (χ3v) is 6.46. The highest BCUT2D eigenvalue weighted by Crippen LogP contribution is 2.37. The van der Waals surface area contributed by atoms with Crippen molar-refractivity contribution in [3.05, 3.63) is 70.3 Å². The SMILES string of the molecule is N#Cc1c(NC(=O)CCc2ccco2)sc2c1CCN(C(=O)CCc1ccncc1)C2. The average Bonchev–Trinajstić information content (AvgIpc) is 3.43. The molecule has 31 heavy (non-hydrogen) atoms. The summed E-state index contributed by atoms with van der Waals surface area (Å²) in [6.45, 7) is 1.06. The monoisotopic (exact) mass is 434 g/mol. The van der Waals surface area contributed by atoms with Gasteiger partial charge in [0.05, 0.1) is 18.4 Å². The largest absolute Gasteiger partial charge is 0.469 e. The molecule has 1 aliphatic heterocycles. The van der Waals surface area contributed by atoms with Crippen LogP contribution in [0.5, 0.6) is 0 Å². The first-order valence-corrected chi connectivity index (χ1v) is 11.0. The summed E-state index contributed by atoms with van der Waals surface area (Å²) in [5.41, 5.74) is 2.56. The summed E-state index contributed by atoms with van der Waals surface area (Å²) in [4.78, 5) is 31.9. The molecule has 8 heteroatoms. The topological polar surface area (TPSA) is 99.2 Å². The molecule has 3 aromatic heterocycles. The Bertz CT molecular complexity index is 1100. The maximum absolute atomic E-state index is 12.7. The predicted molar refractivity (Wildman–Crippen MR) is 116 cm³/mol.